The van der Waals surface area contributed by atoms with Gasteiger partial charge in [0.1, 0.15) is 6.33 Å². The first-order valence-corrected chi connectivity index (χ1v) is 9.72. The highest BCUT2D eigenvalue weighted by Crippen LogP contribution is 2.15. The lowest BCUT2D eigenvalue weighted by Crippen LogP contribution is -2.23. The van der Waals surface area contributed by atoms with Gasteiger partial charge in [0.05, 0.1) is 17.4 Å². The molecule has 0 atom stereocenters. The Kier molecular flexibility index (Phi) is 4.59. The van der Waals surface area contributed by atoms with E-state index in [4.69, 9.17) is 0 Å². The van der Waals surface area contributed by atoms with E-state index in [1.807, 2.05) is 71.1 Å². The lowest BCUT2D eigenvalue weighted by atomic mass is 10.1. The monoisotopic (exact) mass is 390 g/mol. The van der Waals surface area contributed by atoms with E-state index in [0.29, 0.717) is 24.1 Å². The highest BCUT2D eigenvalue weighted by atomic mass is 16.1. The second-order valence-electron chi connectivity index (χ2n) is 7.07. The van der Waals surface area contributed by atoms with Crippen molar-refractivity contribution in [3.8, 4) is 11.8 Å². The third-order valence-electron chi connectivity index (χ3n) is 5.05. The van der Waals surface area contributed by atoms with E-state index in [1.165, 1.54) is 5.56 Å². The van der Waals surface area contributed by atoms with Gasteiger partial charge in [-0.05, 0) is 29.3 Å². The fourth-order valence-corrected chi connectivity index (χ4v) is 3.57. The molecule has 0 bridgehead atoms. The van der Waals surface area contributed by atoms with E-state index >= 15 is 0 Å². The summed E-state index contributed by atoms with van der Waals surface area (Å²) in [6, 6.07) is 25.7. The topological polar surface area (TPSA) is 52.2 Å². The summed E-state index contributed by atoms with van der Waals surface area (Å²) in [5.74, 6) is 6.91. The van der Waals surface area contributed by atoms with E-state index in [-0.39, 0.29) is 5.56 Å². The summed E-state index contributed by atoms with van der Waals surface area (Å²) >= 11 is 0. The summed E-state index contributed by atoms with van der Waals surface area (Å²) in [5.41, 5.74) is 3.69. The number of aromatic nitrogens is 4. The average Bonchev–Trinajstić information content (AvgIpc) is 3.28. The van der Waals surface area contributed by atoms with Gasteiger partial charge < -0.3 is 0 Å². The molecule has 3 aromatic carbocycles. The normalized spacial score (nSPS) is 10.8. The zero-order valence-corrected chi connectivity index (χ0v) is 16.2. The maximum atomic E-state index is 13.3. The maximum absolute atomic E-state index is 13.3. The van der Waals surface area contributed by atoms with Gasteiger partial charge >= 0.3 is 0 Å². The average molecular weight is 390 g/mol. The molecule has 5 nitrogen and oxygen atoms in total. The van der Waals surface area contributed by atoms with Crippen molar-refractivity contribution in [3.63, 3.8) is 0 Å². The van der Waals surface area contributed by atoms with Crippen LogP contribution in [0.5, 0.6) is 0 Å². The standard InChI is InChI=1S/C25H18N4O/c30-24-22-16-20(13-7-12-19-8-3-1-4-9-19)14-15-23(22)29-18-26-27-25(29)28(24)17-21-10-5-2-6-11-21/h1-6,8-11,14-16,18H,12,17H2. The van der Waals surface area contributed by atoms with Gasteiger partial charge in [0.15, 0.2) is 0 Å². The summed E-state index contributed by atoms with van der Waals surface area (Å²) in [6.45, 7) is 0.432. The van der Waals surface area contributed by atoms with Crippen molar-refractivity contribution < 1.29 is 0 Å². The van der Waals surface area contributed by atoms with E-state index in [0.717, 1.165) is 16.6 Å². The summed E-state index contributed by atoms with van der Waals surface area (Å²) < 4.78 is 3.51. The molecule has 5 aromatic rings. The van der Waals surface area contributed by atoms with Crippen LogP contribution in [0.25, 0.3) is 16.7 Å². The van der Waals surface area contributed by atoms with Crippen LogP contribution in [0.1, 0.15) is 16.7 Å². The number of nitrogens with zero attached hydrogens (tertiary/aromatic N) is 4. The van der Waals surface area contributed by atoms with Crippen LogP contribution in [-0.4, -0.2) is 19.2 Å². The molecule has 5 rings (SSSR count). The Labute approximate surface area is 173 Å². The highest BCUT2D eigenvalue weighted by molar-refractivity contribution is 5.81. The molecule has 0 aliphatic carbocycles. The summed E-state index contributed by atoms with van der Waals surface area (Å²) in [7, 11) is 0. The minimum Gasteiger partial charge on any atom is -0.272 e. The van der Waals surface area contributed by atoms with Gasteiger partial charge in [-0.15, -0.1) is 10.2 Å². The number of rotatable bonds is 3. The molecule has 144 valence electrons. The second kappa shape index (κ2) is 7.69. The highest BCUT2D eigenvalue weighted by Gasteiger charge is 2.13. The van der Waals surface area contributed by atoms with E-state index in [1.54, 1.807) is 10.9 Å². The molecule has 2 heterocycles. The molecular weight excluding hydrogens is 372 g/mol. The van der Waals surface area contributed by atoms with Gasteiger partial charge in [-0.2, -0.15) is 0 Å². The molecule has 0 spiro atoms. The van der Waals surface area contributed by atoms with Crippen LogP contribution in [0.4, 0.5) is 0 Å². The largest absolute Gasteiger partial charge is 0.272 e. The van der Waals surface area contributed by atoms with E-state index in [2.05, 4.69) is 34.2 Å². The SMILES string of the molecule is O=c1c2cc(C#CCc3ccccc3)ccc2n2cnnc2n1Cc1ccccc1. The summed E-state index contributed by atoms with van der Waals surface area (Å²) in [6.07, 6.45) is 2.31. The Balaban J connectivity index is 1.59. The van der Waals surface area contributed by atoms with Crippen molar-refractivity contribution in [2.45, 2.75) is 13.0 Å². The number of fused-ring (bicyclic) bond motifs is 3. The Morgan fingerprint density at radius 3 is 2.37 bits per heavy atom. The van der Waals surface area contributed by atoms with Crippen LogP contribution < -0.4 is 5.56 Å². The van der Waals surface area contributed by atoms with Gasteiger partial charge in [-0.1, -0.05) is 72.5 Å². The van der Waals surface area contributed by atoms with Crippen LogP contribution >= 0.6 is 0 Å². The number of hydrogen-bond acceptors (Lipinski definition) is 3. The molecule has 0 saturated heterocycles. The summed E-state index contributed by atoms with van der Waals surface area (Å²) in [5, 5.41) is 8.81. The number of benzene rings is 3. The Morgan fingerprint density at radius 2 is 1.60 bits per heavy atom. The molecule has 2 aromatic heterocycles. The summed E-state index contributed by atoms with van der Waals surface area (Å²) in [4.78, 5) is 13.3. The van der Waals surface area contributed by atoms with Crippen LogP contribution in [0.3, 0.4) is 0 Å². The van der Waals surface area contributed by atoms with Crippen LogP contribution in [0.15, 0.2) is 90.0 Å². The molecule has 0 unspecified atom stereocenters. The number of hydrogen-bond donors (Lipinski definition) is 0. The first-order valence-electron chi connectivity index (χ1n) is 9.72. The van der Waals surface area contributed by atoms with Crippen molar-refractivity contribution in [2.24, 2.45) is 0 Å². The molecule has 30 heavy (non-hydrogen) atoms. The van der Waals surface area contributed by atoms with Crippen molar-refractivity contribution in [3.05, 3.63) is 112 Å². The minimum atomic E-state index is -0.0962. The Bertz CT molecular complexity index is 1460. The predicted molar refractivity (Wildman–Crippen MR) is 117 cm³/mol. The van der Waals surface area contributed by atoms with Crippen molar-refractivity contribution in [1.29, 1.82) is 0 Å². The lowest BCUT2D eigenvalue weighted by molar-refractivity contribution is 0.766. The third kappa shape index (κ3) is 3.36. The Hall–Kier alpha value is -4.17. The second-order valence-corrected chi connectivity index (χ2v) is 7.07. The molecule has 5 heteroatoms. The smallest absolute Gasteiger partial charge is 0.263 e. The Morgan fingerprint density at radius 1 is 0.867 bits per heavy atom. The van der Waals surface area contributed by atoms with Gasteiger partial charge in [0, 0.05) is 12.0 Å². The van der Waals surface area contributed by atoms with Crippen LogP contribution in [0, 0.1) is 11.8 Å². The molecule has 0 aliphatic rings. The zero-order chi connectivity index (χ0) is 20.3. The first-order chi connectivity index (χ1) is 14.8. The van der Waals surface area contributed by atoms with Crippen LogP contribution in [0.2, 0.25) is 0 Å². The predicted octanol–water partition coefficient (Wildman–Crippen LogP) is 3.69. The molecule has 0 amide bonds. The van der Waals surface area contributed by atoms with Gasteiger partial charge in [-0.3, -0.25) is 13.8 Å². The quantitative estimate of drug-likeness (QED) is 0.442. The van der Waals surface area contributed by atoms with Crippen LogP contribution in [-0.2, 0) is 13.0 Å². The third-order valence-corrected chi connectivity index (χ3v) is 5.05. The van der Waals surface area contributed by atoms with Gasteiger partial charge in [0.2, 0.25) is 5.78 Å². The van der Waals surface area contributed by atoms with Crippen molar-refractivity contribution in [1.82, 2.24) is 19.2 Å². The van der Waals surface area contributed by atoms with Crippen molar-refractivity contribution >= 4 is 16.7 Å². The lowest BCUT2D eigenvalue weighted by Gasteiger charge is -2.10. The molecule has 0 aliphatic heterocycles. The fourth-order valence-electron chi connectivity index (χ4n) is 3.57. The fraction of sp³-hybridized carbons (Fsp3) is 0.0800. The zero-order valence-electron chi connectivity index (χ0n) is 16.2. The van der Waals surface area contributed by atoms with E-state index < -0.39 is 0 Å². The molecule has 0 N–H and O–H groups in total. The first kappa shape index (κ1) is 17.9. The van der Waals surface area contributed by atoms with E-state index in [9.17, 15) is 4.79 Å². The van der Waals surface area contributed by atoms with Gasteiger partial charge in [0.25, 0.3) is 5.56 Å². The molecular formula is C25H18N4O. The van der Waals surface area contributed by atoms with Gasteiger partial charge in [-0.25, -0.2) is 0 Å². The molecule has 0 fully saturated rings. The van der Waals surface area contributed by atoms with Crippen molar-refractivity contribution in [2.75, 3.05) is 0 Å². The maximum Gasteiger partial charge on any atom is 0.263 e. The minimum absolute atomic E-state index is 0.0962. The molecule has 0 saturated carbocycles. The molecule has 0 radical (unpaired) electrons.